The summed E-state index contributed by atoms with van der Waals surface area (Å²) in [4.78, 5) is 1.25. The van der Waals surface area contributed by atoms with Crippen molar-refractivity contribution in [3.05, 3.63) is 28.6 Å². The standard InChI is InChI=1S/C10H11NOS/c1-6-2-7-3-9(11)4-8(5-12)10(7)13-6/h2-4,12H,5,11H2,1H3. The van der Waals surface area contributed by atoms with Crippen LogP contribution in [0.25, 0.3) is 10.1 Å². The summed E-state index contributed by atoms with van der Waals surface area (Å²) in [6.45, 7) is 2.11. The number of anilines is 1. The number of benzene rings is 1. The van der Waals surface area contributed by atoms with Gasteiger partial charge in [0.2, 0.25) is 0 Å². The van der Waals surface area contributed by atoms with Gasteiger partial charge >= 0.3 is 0 Å². The van der Waals surface area contributed by atoms with Crippen LogP contribution in [0, 0.1) is 6.92 Å². The fraction of sp³-hybridized carbons (Fsp3) is 0.200. The highest BCUT2D eigenvalue weighted by Crippen LogP contribution is 2.30. The van der Waals surface area contributed by atoms with Gasteiger partial charge < -0.3 is 10.8 Å². The van der Waals surface area contributed by atoms with Gasteiger partial charge in [-0.25, -0.2) is 0 Å². The van der Waals surface area contributed by atoms with Gasteiger partial charge in [0.15, 0.2) is 0 Å². The van der Waals surface area contributed by atoms with Crippen LogP contribution in [0.3, 0.4) is 0 Å². The van der Waals surface area contributed by atoms with E-state index in [4.69, 9.17) is 10.8 Å². The van der Waals surface area contributed by atoms with Gasteiger partial charge in [0.05, 0.1) is 6.61 Å². The molecule has 2 nitrogen and oxygen atoms in total. The Bertz CT molecular complexity index is 447. The van der Waals surface area contributed by atoms with Crippen LogP contribution < -0.4 is 5.73 Å². The first-order valence-electron chi connectivity index (χ1n) is 4.10. The molecule has 1 aromatic heterocycles. The Labute approximate surface area is 80.6 Å². The molecule has 0 spiro atoms. The molecule has 3 heteroatoms. The van der Waals surface area contributed by atoms with Crippen molar-refractivity contribution in [2.24, 2.45) is 0 Å². The Kier molecular flexibility index (Phi) is 1.98. The molecule has 0 aliphatic carbocycles. The third kappa shape index (κ3) is 1.41. The van der Waals surface area contributed by atoms with Crippen molar-refractivity contribution < 1.29 is 5.11 Å². The third-order valence-corrected chi connectivity index (χ3v) is 3.15. The molecule has 3 N–H and O–H groups in total. The topological polar surface area (TPSA) is 46.2 Å². The van der Waals surface area contributed by atoms with Crippen LogP contribution in [0.2, 0.25) is 0 Å². The lowest BCUT2D eigenvalue weighted by atomic mass is 10.1. The minimum absolute atomic E-state index is 0.0570. The Morgan fingerprint density at radius 3 is 2.85 bits per heavy atom. The number of hydrogen-bond donors (Lipinski definition) is 2. The molecule has 0 saturated heterocycles. The van der Waals surface area contributed by atoms with E-state index in [0.29, 0.717) is 5.69 Å². The molecule has 0 fully saturated rings. The van der Waals surface area contributed by atoms with Crippen LogP contribution in [0.15, 0.2) is 18.2 Å². The average Bonchev–Trinajstić information content (AvgIpc) is 2.43. The molecule has 0 aliphatic rings. The van der Waals surface area contributed by atoms with Gasteiger partial charge in [0, 0.05) is 15.3 Å². The van der Waals surface area contributed by atoms with Crippen LogP contribution in [-0.2, 0) is 6.61 Å². The Hall–Kier alpha value is -1.06. The van der Waals surface area contributed by atoms with E-state index in [-0.39, 0.29) is 6.61 Å². The molecule has 2 aromatic rings. The van der Waals surface area contributed by atoms with Crippen LogP contribution in [0.5, 0.6) is 0 Å². The van der Waals surface area contributed by atoms with Crippen LogP contribution in [-0.4, -0.2) is 5.11 Å². The normalized spacial score (nSPS) is 10.9. The van der Waals surface area contributed by atoms with E-state index in [1.807, 2.05) is 12.1 Å². The highest BCUT2D eigenvalue weighted by Gasteiger charge is 2.04. The largest absolute Gasteiger partial charge is 0.399 e. The number of nitrogen functional groups attached to an aromatic ring is 1. The number of aliphatic hydroxyl groups is 1. The molecular weight excluding hydrogens is 182 g/mol. The second-order valence-corrected chi connectivity index (χ2v) is 4.37. The van der Waals surface area contributed by atoms with Crippen molar-refractivity contribution in [3.8, 4) is 0 Å². The van der Waals surface area contributed by atoms with Crippen LogP contribution in [0.4, 0.5) is 5.69 Å². The first-order valence-corrected chi connectivity index (χ1v) is 4.92. The van der Waals surface area contributed by atoms with Gasteiger partial charge in [0.1, 0.15) is 0 Å². The third-order valence-electron chi connectivity index (χ3n) is 2.01. The maximum absolute atomic E-state index is 9.12. The summed E-state index contributed by atoms with van der Waals surface area (Å²) in [5.41, 5.74) is 7.34. The van der Waals surface area contributed by atoms with Crippen molar-refractivity contribution in [2.45, 2.75) is 13.5 Å². The number of hydrogen-bond acceptors (Lipinski definition) is 3. The number of nitrogens with two attached hydrogens (primary N) is 1. The zero-order valence-electron chi connectivity index (χ0n) is 7.37. The van der Waals surface area contributed by atoms with Crippen molar-refractivity contribution in [1.29, 1.82) is 0 Å². The van der Waals surface area contributed by atoms with E-state index in [2.05, 4.69) is 13.0 Å². The summed E-state index contributed by atoms with van der Waals surface area (Å²) < 4.78 is 1.15. The maximum Gasteiger partial charge on any atom is 0.0696 e. The van der Waals surface area contributed by atoms with Crippen molar-refractivity contribution in [2.75, 3.05) is 5.73 Å². The number of aryl methyl sites for hydroxylation is 1. The molecule has 1 heterocycles. The molecule has 1 aromatic carbocycles. The first kappa shape index (κ1) is 8.53. The van der Waals surface area contributed by atoms with Gasteiger partial charge in [-0.3, -0.25) is 0 Å². The summed E-state index contributed by atoms with van der Waals surface area (Å²) in [5.74, 6) is 0. The van der Waals surface area contributed by atoms with Crippen molar-refractivity contribution in [3.63, 3.8) is 0 Å². The Balaban J connectivity index is 2.80. The highest BCUT2D eigenvalue weighted by molar-refractivity contribution is 7.19. The van der Waals surface area contributed by atoms with Crippen LogP contribution in [0.1, 0.15) is 10.4 Å². The first-order chi connectivity index (χ1) is 6.20. The molecule has 0 atom stereocenters. The van der Waals surface area contributed by atoms with Gasteiger partial charge in [0.25, 0.3) is 0 Å². The van der Waals surface area contributed by atoms with E-state index >= 15 is 0 Å². The summed E-state index contributed by atoms with van der Waals surface area (Å²) in [7, 11) is 0. The second-order valence-electron chi connectivity index (χ2n) is 3.11. The molecule has 0 aliphatic heterocycles. The van der Waals surface area contributed by atoms with Gasteiger partial charge in [-0.05, 0) is 36.1 Å². The van der Waals surface area contributed by atoms with E-state index < -0.39 is 0 Å². The number of fused-ring (bicyclic) bond motifs is 1. The Morgan fingerprint density at radius 1 is 1.38 bits per heavy atom. The smallest absolute Gasteiger partial charge is 0.0696 e. The average molecular weight is 193 g/mol. The fourth-order valence-electron chi connectivity index (χ4n) is 1.50. The number of thiophene rings is 1. The Morgan fingerprint density at radius 2 is 2.15 bits per heavy atom. The lowest BCUT2D eigenvalue weighted by Gasteiger charge is -2.00. The van der Waals surface area contributed by atoms with Crippen LogP contribution >= 0.6 is 11.3 Å². The van der Waals surface area contributed by atoms with Gasteiger partial charge in [-0.2, -0.15) is 0 Å². The quantitative estimate of drug-likeness (QED) is 0.682. The molecule has 0 amide bonds. The highest BCUT2D eigenvalue weighted by atomic mass is 32.1. The van der Waals surface area contributed by atoms with Gasteiger partial charge in [-0.1, -0.05) is 0 Å². The second kappa shape index (κ2) is 3.01. The summed E-state index contributed by atoms with van der Waals surface area (Å²) in [6, 6.07) is 5.87. The number of aliphatic hydroxyl groups excluding tert-OH is 1. The fourth-order valence-corrected chi connectivity index (χ4v) is 2.50. The van der Waals surface area contributed by atoms with E-state index in [9.17, 15) is 0 Å². The monoisotopic (exact) mass is 193 g/mol. The zero-order valence-corrected chi connectivity index (χ0v) is 8.19. The minimum atomic E-state index is 0.0570. The van der Waals surface area contributed by atoms with Gasteiger partial charge in [-0.15, -0.1) is 11.3 Å². The predicted octanol–water partition coefficient (Wildman–Crippen LogP) is 2.28. The summed E-state index contributed by atoms with van der Waals surface area (Å²) >= 11 is 1.70. The van der Waals surface area contributed by atoms with Crippen molar-refractivity contribution >= 4 is 27.1 Å². The van der Waals surface area contributed by atoms with E-state index in [1.165, 1.54) is 4.88 Å². The lowest BCUT2D eigenvalue weighted by Crippen LogP contribution is -1.88. The lowest BCUT2D eigenvalue weighted by molar-refractivity contribution is 0.283. The maximum atomic E-state index is 9.12. The molecule has 68 valence electrons. The summed E-state index contributed by atoms with van der Waals surface area (Å²) in [5, 5.41) is 10.3. The summed E-state index contributed by atoms with van der Waals surface area (Å²) in [6.07, 6.45) is 0. The molecule has 0 saturated carbocycles. The predicted molar refractivity (Wildman–Crippen MR) is 56.9 cm³/mol. The number of rotatable bonds is 1. The van der Waals surface area contributed by atoms with E-state index in [0.717, 1.165) is 15.6 Å². The molecule has 0 unspecified atom stereocenters. The van der Waals surface area contributed by atoms with E-state index in [1.54, 1.807) is 11.3 Å². The molecule has 0 bridgehead atoms. The molecular formula is C10H11NOS. The molecule has 2 rings (SSSR count). The minimum Gasteiger partial charge on any atom is -0.399 e. The van der Waals surface area contributed by atoms with Crippen molar-refractivity contribution in [1.82, 2.24) is 0 Å². The SMILES string of the molecule is Cc1cc2cc(N)cc(CO)c2s1. The zero-order chi connectivity index (χ0) is 9.42. The molecule has 13 heavy (non-hydrogen) atoms. The molecule has 0 radical (unpaired) electrons.